The van der Waals surface area contributed by atoms with Gasteiger partial charge in [0.05, 0.1) is 37.8 Å². The highest BCUT2D eigenvalue weighted by atomic mass is 32.2. The van der Waals surface area contributed by atoms with Crippen LogP contribution in [-0.4, -0.2) is 89.1 Å². The van der Waals surface area contributed by atoms with Gasteiger partial charge in [0, 0.05) is 32.4 Å². The molecule has 1 aliphatic rings. The zero-order chi connectivity index (χ0) is 20.6. The number of nitrogens with zero attached hydrogens (tertiary/aromatic N) is 2. The summed E-state index contributed by atoms with van der Waals surface area (Å²) in [5.41, 5.74) is 5.65. The third-order valence-corrected chi connectivity index (χ3v) is 6.02. The number of nitrogens with one attached hydrogen (secondary N) is 1. The second-order valence-corrected chi connectivity index (χ2v) is 8.20. The lowest BCUT2D eigenvalue weighted by Crippen LogP contribution is -2.41. The minimum Gasteiger partial charge on any atom is -0.383 e. The molecule has 2 rings (SSSR count). The first kappa shape index (κ1) is 22.2. The standard InChI is InChI=1S/C17H26N4O6S/c1-26-9-6-20(12-16(18)22)13-17(23)19-14-2-4-15(5-3-14)28(24,25)21-7-10-27-11-8-21/h2-5H,6-13H2,1H3,(H2,18,22)(H,19,23). The molecule has 10 nitrogen and oxygen atoms in total. The Bertz CT molecular complexity index is 762. The summed E-state index contributed by atoms with van der Waals surface area (Å²) in [6.45, 7) is 2.01. The van der Waals surface area contributed by atoms with E-state index in [9.17, 15) is 18.0 Å². The fraction of sp³-hybridized carbons (Fsp3) is 0.529. The zero-order valence-corrected chi connectivity index (χ0v) is 16.6. The predicted octanol–water partition coefficient (Wildman–Crippen LogP) is -0.920. The number of ether oxygens (including phenoxy) is 2. The summed E-state index contributed by atoms with van der Waals surface area (Å²) in [5.74, 6) is -0.886. The van der Waals surface area contributed by atoms with E-state index in [4.69, 9.17) is 15.2 Å². The van der Waals surface area contributed by atoms with Gasteiger partial charge in [0.15, 0.2) is 0 Å². The largest absolute Gasteiger partial charge is 0.383 e. The Labute approximate surface area is 164 Å². The van der Waals surface area contributed by atoms with Crippen molar-refractivity contribution in [1.29, 1.82) is 0 Å². The molecule has 1 heterocycles. The van der Waals surface area contributed by atoms with Crippen LogP contribution >= 0.6 is 0 Å². The SMILES string of the molecule is COCCN(CC(N)=O)CC(=O)Nc1ccc(S(=O)(=O)N2CCOCC2)cc1. The van der Waals surface area contributed by atoms with Crippen molar-refractivity contribution < 1.29 is 27.5 Å². The summed E-state index contributed by atoms with van der Waals surface area (Å²) in [4.78, 5) is 25.0. The van der Waals surface area contributed by atoms with Gasteiger partial charge >= 0.3 is 0 Å². The number of hydrogen-bond acceptors (Lipinski definition) is 7. The van der Waals surface area contributed by atoms with Crippen LogP contribution in [0.15, 0.2) is 29.2 Å². The molecule has 156 valence electrons. The van der Waals surface area contributed by atoms with Crippen LogP contribution in [0.1, 0.15) is 0 Å². The van der Waals surface area contributed by atoms with Gasteiger partial charge in [0.1, 0.15) is 0 Å². The molecule has 1 aliphatic heterocycles. The van der Waals surface area contributed by atoms with Crippen molar-refractivity contribution >= 4 is 27.5 Å². The van der Waals surface area contributed by atoms with Gasteiger partial charge in [0.25, 0.3) is 0 Å². The van der Waals surface area contributed by atoms with Crippen molar-refractivity contribution in [3.05, 3.63) is 24.3 Å². The van der Waals surface area contributed by atoms with Crippen LogP contribution in [0, 0.1) is 0 Å². The van der Waals surface area contributed by atoms with Crippen LogP contribution in [0.5, 0.6) is 0 Å². The molecule has 1 fully saturated rings. The number of nitrogens with two attached hydrogens (primary N) is 1. The van der Waals surface area contributed by atoms with Gasteiger partial charge in [0.2, 0.25) is 21.8 Å². The van der Waals surface area contributed by atoms with Gasteiger partial charge in [-0.1, -0.05) is 0 Å². The quantitative estimate of drug-likeness (QED) is 0.506. The van der Waals surface area contributed by atoms with Crippen LogP contribution in [0.3, 0.4) is 0 Å². The van der Waals surface area contributed by atoms with E-state index in [1.807, 2.05) is 0 Å². The lowest BCUT2D eigenvalue weighted by Gasteiger charge is -2.26. The van der Waals surface area contributed by atoms with Gasteiger partial charge in [-0.2, -0.15) is 4.31 Å². The van der Waals surface area contributed by atoms with Crippen molar-refractivity contribution in [2.75, 3.05) is 65.0 Å². The molecule has 0 atom stereocenters. The van der Waals surface area contributed by atoms with Crippen LogP contribution in [-0.2, 0) is 29.1 Å². The molecule has 2 amide bonds. The van der Waals surface area contributed by atoms with E-state index in [-0.39, 0.29) is 23.9 Å². The number of carbonyl (C=O) groups is 2. The predicted molar refractivity (Wildman–Crippen MR) is 102 cm³/mol. The Morgan fingerprint density at radius 1 is 1.21 bits per heavy atom. The first-order valence-corrected chi connectivity index (χ1v) is 10.2. The first-order chi connectivity index (χ1) is 13.3. The molecule has 0 radical (unpaired) electrons. The number of benzene rings is 1. The molecule has 3 N–H and O–H groups in total. The van der Waals surface area contributed by atoms with Crippen LogP contribution in [0.25, 0.3) is 0 Å². The van der Waals surface area contributed by atoms with Crippen LogP contribution in [0.4, 0.5) is 5.69 Å². The van der Waals surface area contributed by atoms with E-state index < -0.39 is 15.9 Å². The van der Waals surface area contributed by atoms with Crippen molar-refractivity contribution in [1.82, 2.24) is 9.21 Å². The van der Waals surface area contributed by atoms with Crippen LogP contribution in [0.2, 0.25) is 0 Å². The molecule has 0 bridgehead atoms. The van der Waals surface area contributed by atoms with Crippen molar-refractivity contribution in [3.8, 4) is 0 Å². The molecule has 11 heteroatoms. The average molecular weight is 414 g/mol. The molecule has 1 saturated heterocycles. The minimum absolute atomic E-state index is 0.0415. The van der Waals surface area contributed by atoms with Gasteiger partial charge in [-0.05, 0) is 24.3 Å². The molecule has 0 spiro atoms. The van der Waals surface area contributed by atoms with E-state index in [0.717, 1.165) is 0 Å². The molecule has 1 aromatic rings. The van der Waals surface area contributed by atoms with E-state index in [1.54, 1.807) is 4.90 Å². The number of amides is 2. The van der Waals surface area contributed by atoms with Gasteiger partial charge in [-0.3, -0.25) is 14.5 Å². The third-order valence-electron chi connectivity index (χ3n) is 4.10. The minimum atomic E-state index is -3.58. The van der Waals surface area contributed by atoms with Gasteiger partial charge in [-0.15, -0.1) is 0 Å². The van der Waals surface area contributed by atoms with E-state index in [2.05, 4.69) is 5.32 Å². The summed E-state index contributed by atoms with van der Waals surface area (Å²) in [6, 6.07) is 5.95. The highest BCUT2D eigenvalue weighted by Gasteiger charge is 2.26. The highest BCUT2D eigenvalue weighted by molar-refractivity contribution is 7.89. The first-order valence-electron chi connectivity index (χ1n) is 8.80. The zero-order valence-electron chi connectivity index (χ0n) is 15.8. The molecule has 0 aromatic heterocycles. The Balaban J connectivity index is 1.97. The second kappa shape index (κ2) is 10.5. The summed E-state index contributed by atoms with van der Waals surface area (Å²) >= 11 is 0. The summed E-state index contributed by atoms with van der Waals surface area (Å²) < 4.78 is 36.7. The number of primary amides is 1. The Hall–Kier alpha value is -2.05. The number of carbonyl (C=O) groups excluding carboxylic acids is 2. The highest BCUT2D eigenvalue weighted by Crippen LogP contribution is 2.19. The molecular weight excluding hydrogens is 388 g/mol. The lowest BCUT2D eigenvalue weighted by atomic mass is 10.3. The number of hydrogen-bond donors (Lipinski definition) is 2. The van der Waals surface area contributed by atoms with Gasteiger partial charge < -0.3 is 20.5 Å². The third kappa shape index (κ3) is 6.53. The smallest absolute Gasteiger partial charge is 0.243 e. The van der Waals surface area contributed by atoms with Crippen molar-refractivity contribution in [2.45, 2.75) is 4.90 Å². The normalized spacial score (nSPS) is 15.5. The number of morpholine rings is 1. The summed E-state index contributed by atoms with van der Waals surface area (Å²) in [5, 5.41) is 2.68. The second-order valence-electron chi connectivity index (χ2n) is 6.26. The van der Waals surface area contributed by atoms with E-state index >= 15 is 0 Å². The molecule has 0 saturated carbocycles. The fourth-order valence-electron chi connectivity index (χ4n) is 2.70. The van der Waals surface area contributed by atoms with Crippen molar-refractivity contribution in [3.63, 3.8) is 0 Å². The lowest BCUT2D eigenvalue weighted by molar-refractivity contribution is -0.121. The number of rotatable bonds is 10. The van der Waals surface area contributed by atoms with Crippen molar-refractivity contribution in [2.24, 2.45) is 5.73 Å². The maximum atomic E-state index is 12.6. The maximum Gasteiger partial charge on any atom is 0.243 e. The molecule has 28 heavy (non-hydrogen) atoms. The number of sulfonamides is 1. The number of anilines is 1. The Kier molecular flexibility index (Phi) is 8.33. The van der Waals surface area contributed by atoms with E-state index in [0.29, 0.717) is 45.1 Å². The summed E-state index contributed by atoms with van der Waals surface area (Å²) in [6.07, 6.45) is 0. The molecule has 0 unspecified atom stereocenters. The Morgan fingerprint density at radius 3 is 2.43 bits per heavy atom. The number of methoxy groups -OCH3 is 1. The Morgan fingerprint density at radius 2 is 1.86 bits per heavy atom. The van der Waals surface area contributed by atoms with Crippen LogP contribution < -0.4 is 11.1 Å². The maximum absolute atomic E-state index is 12.6. The summed E-state index contributed by atoms with van der Waals surface area (Å²) in [7, 11) is -2.06. The molecule has 1 aromatic carbocycles. The van der Waals surface area contributed by atoms with E-state index in [1.165, 1.54) is 35.7 Å². The molecular formula is C17H26N4O6S. The average Bonchev–Trinajstić information content (AvgIpc) is 2.66. The monoisotopic (exact) mass is 414 g/mol. The topological polar surface area (TPSA) is 131 Å². The fourth-order valence-corrected chi connectivity index (χ4v) is 4.11. The van der Waals surface area contributed by atoms with Gasteiger partial charge in [-0.25, -0.2) is 8.42 Å². The molecule has 0 aliphatic carbocycles.